The van der Waals surface area contributed by atoms with Crippen molar-refractivity contribution in [2.24, 2.45) is 0 Å². The van der Waals surface area contributed by atoms with Gasteiger partial charge in [0.1, 0.15) is 0 Å². The second-order valence-electron chi connectivity index (χ2n) is 4.66. The van der Waals surface area contributed by atoms with E-state index in [1.807, 2.05) is 6.92 Å². The Morgan fingerprint density at radius 1 is 1.18 bits per heavy atom. The standard InChI is InChI=1S/C15H20N2O5/c1-3-10-16(15(19)22-4-2)11-9-14(18)12-5-7-13(8-6-12)17(20)21/h5-8H,3-4,9-11H2,1-2H3. The molecule has 22 heavy (non-hydrogen) atoms. The number of carbonyl (C=O) groups is 2. The minimum Gasteiger partial charge on any atom is -0.450 e. The van der Waals surface area contributed by atoms with Crippen LogP contribution in [0.5, 0.6) is 0 Å². The van der Waals surface area contributed by atoms with Gasteiger partial charge in [-0.3, -0.25) is 14.9 Å². The SMILES string of the molecule is CCCN(CCC(=O)c1ccc([N+](=O)[O-])cc1)C(=O)OCC. The van der Waals surface area contributed by atoms with E-state index in [2.05, 4.69) is 0 Å². The lowest BCUT2D eigenvalue weighted by molar-refractivity contribution is -0.384. The summed E-state index contributed by atoms with van der Waals surface area (Å²) in [6, 6.07) is 5.44. The van der Waals surface area contributed by atoms with Gasteiger partial charge in [-0.25, -0.2) is 4.79 Å². The Hall–Kier alpha value is -2.44. The lowest BCUT2D eigenvalue weighted by atomic mass is 10.1. The number of nitro benzene ring substituents is 1. The van der Waals surface area contributed by atoms with Crippen molar-refractivity contribution in [2.75, 3.05) is 19.7 Å². The van der Waals surface area contributed by atoms with E-state index in [0.717, 1.165) is 6.42 Å². The van der Waals surface area contributed by atoms with Gasteiger partial charge in [-0.15, -0.1) is 0 Å². The molecule has 0 saturated carbocycles. The number of amides is 1. The molecular weight excluding hydrogens is 288 g/mol. The Labute approximate surface area is 129 Å². The van der Waals surface area contributed by atoms with Gasteiger partial charge in [-0.2, -0.15) is 0 Å². The van der Waals surface area contributed by atoms with E-state index in [1.54, 1.807) is 6.92 Å². The van der Waals surface area contributed by atoms with Gasteiger partial charge in [0, 0.05) is 37.2 Å². The van der Waals surface area contributed by atoms with Crippen LogP contribution in [0.25, 0.3) is 0 Å². The number of Topliss-reactive ketones (excluding diaryl/α,β-unsaturated/α-hetero) is 1. The number of ketones is 1. The molecular formula is C15H20N2O5. The number of nitrogens with zero attached hydrogens (tertiary/aromatic N) is 2. The number of hydrogen-bond donors (Lipinski definition) is 0. The summed E-state index contributed by atoms with van der Waals surface area (Å²) in [5.74, 6) is -0.166. The second kappa shape index (κ2) is 8.76. The zero-order chi connectivity index (χ0) is 16.5. The summed E-state index contributed by atoms with van der Waals surface area (Å²) in [4.78, 5) is 35.3. The van der Waals surface area contributed by atoms with Crippen LogP contribution in [0.4, 0.5) is 10.5 Å². The van der Waals surface area contributed by atoms with Gasteiger partial charge in [0.2, 0.25) is 0 Å². The quantitative estimate of drug-likeness (QED) is 0.418. The lowest BCUT2D eigenvalue weighted by Crippen LogP contribution is -2.34. The molecule has 120 valence electrons. The number of benzene rings is 1. The number of nitro groups is 1. The highest BCUT2D eigenvalue weighted by molar-refractivity contribution is 5.96. The third kappa shape index (κ3) is 5.16. The van der Waals surface area contributed by atoms with Gasteiger partial charge in [0.05, 0.1) is 11.5 Å². The topological polar surface area (TPSA) is 89.8 Å². The molecule has 0 radical (unpaired) electrons. The number of carbonyl (C=O) groups excluding carboxylic acids is 2. The Balaban J connectivity index is 2.62. The first-order valence-electron chi connectivity index (χ1n) is 7.18. The van der Waals surface area contributed by atoms with E-state index >= 15 is 0 Å². The van der Waals surface area contributed by atoms with Gasteiger partial charge in [-0.1, -0.05) is 6.92 Å². The zero-order valence-electron chi connectivity index (χ0n) is 12.8. The first kappa shape index (κ1) is 17.6. The molecule has 0 aromatic heterocycles. The predicted octanol–water partition coefficient (Wildman–Crippen LogP) is 3.04. The van der Waals surface area contributed by atoms with Gasteiger partial charge in [0.25, 0.3) is 5.69 Å². The molecule has 0 aliphatic heterocycles. The minimum absolute atomic E-state index is 0.0596. The summed E-state index contributed by atoms with van der Waals surface area (Å²) >= 11 is 0. The van der Waals surface area contributed by atoms with Crippen LogP contribution in [0.3, 0.4) is 0 Å². The number of non-ortho nitro benzene ring substituents is 1. The first-order chi connectivity index (χ1) is 10.5. The molecule has 0 unspecified atom stereocenters. The molecule has 0 atom stereocenters. The maximum absolute atomic E-state index is 12.1. The molecule has 0 saturated heterocycles. The van der Waals surface area contributed by atoms with E-state index in [4.69, 9.17) is 4.74 Å². The maximum Gasteiger partial charge on any atom is 0.409 e. The van der Waals surface area contributed by atoms with Crippen molar-refractivity contribution < 1.29 is 19.2 Å². The Morgan fingerprint density at radius 2 is 1.82 bits per heavy atom. The third-order valence-electron chi connectivity index (χ3n) is 3.03. The Morgan fingerprint density at radius 3 is 2.32 bits per heavy atom. The van der Waals surface area contributed by atoms with Crippen molar-refractivity contribution >= 4 is 17.6 Å². The summed E-state index contributed by atoms with van der Waals surface area (Å²) in [7, 11) is 0. The monoisotopic (exact) mass is 308 g/mol. The normalized spacial score (nSPS) is 10.1. The molecule has 0 bridgehead atoms. The molecule has 0 aliphatic carbocycles. The van der Waals surface area contributed by atoms with E-state index in [1.165, 1.54) is 29.2 Å². The highest BCUT2D eigenvalue weighted by Crippen LogP contribution is 2.13. The van der Waals surface area contributed by atoms with Crippen molar-refractivity contribution in [2.45, 2.75) is 26.7 Å². The fourth-order valence-electron chi connectivity index (χ4n) is 1.93. The van der Waals surface area contributed by atoms with Crippen molar-refractivity contribution in [1.29, 1.82) is 0 Å². The van der Waals surface area contributed by atoms with E-state index in [9.17, 15) is 19.7 Å². The number of hydrogen-bond acceptors (Lipinski definition) is 5. The van der Waals surface area contributed by atoms with E-state index < -0.39 is 11.0 Å². The van der Waals surface area contributed by atoms with E-state index in [-0.39, 0.29) is 31.0 Å². The summed E-state index contributed by atoms with van der Waals surface area (Å²) in [6.45, 7) is 4.73. The van der Waals surface area contributed by atoms with Crippen molar-refractivity contribution in [3.05, 3.63) is 39.9 Å². The molecule has 0 aliphatic rings. The molecule has 7 nitrogen and oxygen atoms in total. The summed E-state index contributed by atoms with van der Waals surface area (Å²) in [5.41, 5.74) is 0.335. The average molecular weight is 308 g/mol. The molecule has 0 N–H and O–H groups in total. The van der Waals surface area contributed by atoms with Crippen LogP contribution in [0, 0.1) is 10.1 Å². The Kier molecular flexibility index (Phi) is 7.01. The lowest BCUT2D eigenvalue weighted by Gasteiger charge is -2.20. The smallest absolute Gasteiger partial charge is 0.409 e. The van der Waals surface area contributed by atoms with Gasteiger partial charge in [-0.05, 0) is 25.5 Å². The zero-order valence-corrected chi connectivity index (χ0v) is 12.8. The molecule has 7 heteroatoms. The van der Waals surface area contributed by atoms with Gasteiger partial charge in [0.15, 0.2) is 5.78 Å². The van der Waals surface area contributed by atoms with Crippen molar-refractivity contribution in [3.8, 4) is 0 Å². The third-order valence-corrected chi connectivity index (χ3v) is 3.03. The first-order valence-corrected chi connectivity index (χ1v) is 7.18. The van der Waals surface area contributed by atoms with Crippen LogP contribution < -0.4 is 0 Å². The molecule has 1 aromatic carbocycles. The summed E-state index contributed by atoms with van der Waals surface area (Å²) in [6.07, 6.45) is 0.488. The fraction of sp³-hybridized carbons (Fsp3) is 0.467. The molecule has 0 spiro atoms. The van der Waals surface area contributed by atoms with Crippen molar-refractivity contribution in [3.63, 3.8) is 0 Å². The largest absolute Gasteiger partial charge is 0.450 e. The van der Waals surface area contributed by atoms with Crippen LogP contribution in [0.2, 0.25) is 0 Å². The fourth-order valence-corrected chi connectivity index (χ4v) is 1.93. The van der Waals surface area contributed by atoms with Crippen LogP contribution in [0.15, 0.2) is 24.3 Å². The minimum atomic E-state index is -0.516. The highest BCUT2D eigenvalue weighted by Gasteiger charge is 2.16. The second-order valence-corrected chi connectivity index (χ2v) is 4.66. The maximum atomic E-state index is 12.1. The summed E-state index contributed by atoms with van der Waals surface area (Å²) in [5, 5.41) is 10.6. The van der Waals surface area contributed by atoms with Gasteiger partial charge >= 0.3 is 6.09 Å². The molecule has 1 amide bonds. The number of ether oxygens (including phenoxy) is 1. The summed E-state index contributed by atoms with van der Waals surface area (Å²) < 4.78 is 4.94. The molecule has 0 heterocycles. The van der Waals surface area contributed by atoms with Gasteiger partial charge < -0.3 is 9.64 Å². The van der Waals surface area contributed by atoms with Crippen LogP contribution >= 0.6 is 0 Å². The van der Waals surface area contributed by atoms with E-state index in [0.29, 0.717) is 12.1 Å². The molecule has 1 rings (SSSR count). The Bertz CT molecular complexity index is 527. The number of rotatable bonds is 8. The molecule has 1 aromatic rings. The molecule has 0 fully saturated rings. The predicted molar refractivity (Wildman–Crippen MR) is 80.9 cm³/mol. The van der Waals surface area contributed by atoms with Crippen LogP contribution in [-0.2, 0) is 4.74 Å². The van der Waals surface area contributed by atoms with Crippen molar-refractivity contribution in [1.82, 2.24) is 4.90 Å². The van der Waals surface area contributed by atoms with Crippen LogP contribution in [0.1, 0.15) is 37.0 Å². The van der Waals surface area contributed by atoms with Crippen LogP contribution in [-0.4, -0.2) is 41.4 Å². The average Bonchev–Trinajstić information content (AvgIpc) is 2.51. The highest BCUT2D eigenvalue weighted by atomic mass is 16.6.